The minimum Gasteiger partial charge on any atom is -0.478 e. The van der Waals surface area contributed by atoms with Gasteiger partial charge in [-0.1, -0.05) is 6.92 Å². The van der Waals surface area contributed by atoms with Gasteiger partial charge in [0.15, 0.2) is 0 Å². The highest BCUT2D eigenvalue weighted by Crippen LogP contribution is 2.45. The standard InChI is InChI=1S/C8H8O6/c1-8-2-3(9)13-5(8)7(12)14-4(8)6(10)11/h4-5H,2H2,1H3,(H,10,11). The molecule has 0 bridgehead atoms. The van der Waals surface area contributed by atoms with Gasteiger partial charge in [0.2, 0.25) is 12.2 Å². The number of esters is 2. The Morgan fingerprint density at radius 3 is 2.71 bits per heavy atom. The van der Waals surface area contributed by atoms with Crippen molar-refractivity contribution in [2.75, 3.05) is 0 Å². The molecule has 0 saturated carbocycles. The Bertz CT molecular complexity index is 335. The Labute approximate surface area is 78.8 Å². The van der Waals surface area contributed by atoms with Crippen LogP contribution in [0.5, 0.6) is 0 Å². The first-order valence-corrected chi connectivity index (χ1v) is 4.08. The van der Waals surface area contributed by atoms with Gasteiger partial charge in [-0.25, -0.2) is 9.59 Å². The largest absolute Gasteiger partial charge is 0.478 e. The van der Waals surface area contributed by atoms with Gasteiger partial charge in [-0.2, -0.15) is 0 Å². The van der Waals surface area contributed by atoms with Gasteiger partial charge in [0, 0.05) is 0 Å². The molecular weight excluding hydrogens is 192 g/mol. The molecule has 0 amide bonds. The number of carbonyl (C=O) groups excluding carboxylic acids is 2. The summed E-state index contributed by atoms with van der Waals surface area (Å²) in [5.74, 6) is -2.58. The molecule has 0 radical (unpaired) electrons. The van der Waals surface area contributed by atoms with E-state index < -0.39 is 35.5 Å². The second-order valence-electron chi connectivity index (χ2n) is 3.71. The Kier molecular flexibility index (Phi) is 1.58. The number of hydrogen-bond acceptors (Lipinski definition) is 5. The van der Waals surface area contributed by atoms with Gasteiger partial charge in [0.05, 0.1) is 11.8 Å². The smallest absolute Gasteiger partial charge is 0.349 e. The van der Waals surface area contributed by atoms with Crippen LogP contribution < -0.4 is 0 Å². The number of fused-ring (bicyclic) bond motifs is 1. The van der Waals surface area contributed by atoms with Crippen molar-refractivity contribution >= 4 is 17.9 Å². The summed E-state index contributed by atoms with van der Waals surface area (Å²) < 4.78 is 9.33. The minimum atomic E-state index is -1.29. The average molecular weight is 200 g/mol. The summed E-state index contributed by atoms with van der Waals surface area (Å²) in [5, 5.41) is 8.79. The second-order valence-corrected chi connectivity index (χ2v) is 3.71. The zero-order chi connectivity index (χ0) is 10.5. The van der Waals surface area contributed by atoms with Crippen LogP contribution in [-0.4, -0.2) is 35.2 Å². The number of ether oxygens (including phenoxy) is 2. The predicted octanol–water partition coefficient (Wildman–Crippen LogP) is -0.682. The third-order valence-corrected chi connectivity index (χ3v) is 2.64. The monoisotopic (exact) mass is 200 g/mol. The van der Waals surface area contributed by atoms with Gasteiger partial charge in [0.25, 0.3) is 0 Å². The van der Waals surface area contributed by atoms with Gasteiger partial charge in [-0.3, -0.25) is 4.79 Å². The Hall–Kier alpha value is -1.59. The van der Waals surface area contributed by atoms with Crippen LogP contribution >= 0.6 is 0 Å². The van der Waals surface area contributed by atoms with E-state index in [1.165, 1.54) is 6.92 Å². The van der Waals surface area contributed by atoms with Crippen molar-refractivity contribution in [1.82, 2.24) is 0 Å². The molecule has 6 nitrogen and oxygen atoms in total. The summed E-state index contributed by atoms with van der Waals surface area (Å²) in [7, 11) is 0. The van der Waals surface area contributed by atoms with Crippen LogP contribution in [-0.2, 0) is 23.9 Å². The van der Waals surface area contributed by atoms with Crippen molar-refractivity contribution < 1.29 is 29.0 Å². The summed E-state index contributed by atoms with van der Waals surface area (Å²) in [6.07, 6.45) is -2.44. The summed E-state index contributed by atoms with van der Waals surface area (Å²) in [6, 6.07) is 0. The number of hydrogen-bond donors (Lipinski definition) is 1. The second kappa shape index (κ2) is 2.46. The zero-order valence-corrected chi connectivity index (χ0v) is 7.35. The molecule has 0 aromatic carbocycles. The topological polar surface area (TPSA) is 89.9 Å². The molecule has 0 aromatic heterocycles. The Morgan fingerprint density at radius 2 is 2.14 bits per heavy atom. The van der Waals surface area contributed by atoms with Crippen LogP contribution in [0.3, 0.4) is 0 Å². The van der Waals surface area contributed by atoms with E-state index in [0.717, 1.165) is 0 Å². The fourth-order valence-electron chi connectivity index (χ4n) is 1.90. The van der Waals surface area contributed by atoms with E-state index in [1.54, 1.807) is 0 Å². The molecule has 1 N–H and O–H groups in total. The van der Waals surface area contributed by atoms with Crippen molar-refractivity contribution in [3.63, 3.8) is 0 Å². The van der Waals surface area contributed by atoms with E-state index in [2.05, 4.69) is 4.74 Å². The molecule has 2 aliphatic rings. The maximum atomic E-state index is 11.2. The van der Waals surface area contributed by atoms with Crippen LogP contribution in [0, 0.1) is 5.41 Å². The van der Waals surface area contributed by atoms with Crippen molar-refractivity contribution in [1.29, 1.82) is 0 Å². The summed E-state index contributed by atoms with van der Waals surface area (Å²) in [6.45, 7) is 1.51. The summed E-state index contributed by atoms with van der Waals surface area (Å²) in [5.41, 5.74) is -1.06. The minimum absolute atomic E-state index is 0.0969. The molecule has 2 fully saturated rings. The normalized spacial score (nSPS) is 40.4. The highest BCUT2D eigenvalue weighted by molar-refractivity contribution is 5.92. The van der Waals surface area contributed by atoms with E-state index in [9.17, 15) is 14.4 Å². The Balaban J connectivity index is 2.38. The zero-order valence-electron chi connectivity index (χ0n) is 7.35. The van der Waals surface area contributed by atoms with Gasteiger partial charge < -0.3 is 14.6 Å². The van der Waals surface area contributed by atoms with E-state index >= 15 is 0 Å². The van der Waals surface area contributed by atoms with Gasteiger partial charge >= 0.3 is 17.9 Å². The van der Waals surface area contributed by atoms with Crippen LogP contribution in [0.15, 0.2) is 0 Å². The average Bonchev–Trinajstić information content (AvgIpc) is 2.46. The maximum absolute atomic E-state index is 11.2. The first-order chi connectivity index (χ1) is 6.45. The molecule has 2 heterocycles. The van der Waals surface area contributed by atoms with Crippen molar-refractivity contribution in [2.24, 2.45) is 5.41 Å². The third kappa shape index (κ3) is 0.934. The molecule has 14 heavy (non-hydrogen) atoms. The SMILES string of the molecule is CC12CC(=O)OC1C(=O)OC2C(=O)O. The highest BCUT2D eigenvalue weighted by Gasteiger charge is 2.64. The van der Waals surface area contributed by atoms with Crippen molar-refractivity contribution in [2.45, 2.75) is 25.6 Å². The molecule has 2 rings (SSSR count). The molecule has 76 valence electrons. The number of rotatable bonds is 1. The van der Waals surface area contributed by atoms with E-state index in [4.69, 9.17) is 9.84 Å². The molecule has 3 atom stereocenters. The van der Waals surface area contributed by atoms with Crippen molar-refractivity contribution in [3.8, 4) is 0 Å². The van der Waals surface area contributed by atoms with E-state index in [-0.39, 0.29) is 6.42 Å². The molecule has 0 spiro atoms. The first-order valence-electron chi connectivity index (χ1n) is 4.08. The highest BCUT2D eigenvalue weighted by atomic mass is 16.6. The van der Waals surface area contributed by atoms with Crippen LogP contribution in [0.2, 0.25) is 0 Å². The number of carbonyl (C=O) groups is 3. The summed E-state index contributed by atoms with van der Waals surface area (Å²) in [4.78, 5) is 32.9. The van der Waals surface area contributed by atoms with E-state index in [0.29, 0.717) is 0 Å². The predicted molar refractivity (Wildman–Crippen MR) is 40.1 cm³/mol. The first kappa shape index (κ1) is 8.98. The summed E-state index contributed by atoms with van der Waals surface area (Å²) >= 11 is 0. The molecule has 6 heteroatoms. The van der Waals surface area contributed by atoms with E-state index in [1.807, 2.05) is 0 Å². The fourth-order valence-corrected chi connectivity index (χ4v) is 1.90. The lowest BCUT2D eigenvalue weighted by Crippen LogP contribution is -2.38. The lowest BCUT2D eigenvalue weighted by Gasteiger charge is -2.20. The number of cyclic esters (lactones) is 1. The molecule has 0 aliphatic carbocycles. The molecule has 3 unspecified atom stereocenters. The van der Waals surface area contributed by atoms with Crippen LogP contribution in [0.25, 0.3) is 0 Å². The number of carboxylic acids is 1. The lowest BCUT2D eigenvalue weighted by atomic mass is 9.80. The molecule has 0 aromatic rings. The van der Waals surface area contributed by atoms with Crippen LogP contribution in [0.1, 0.15) is 13.3 Å². The van der Waals surface area contributed by atoms with Gasteiger partial charge in [0.1, 0.15) is 0 Å². The van der Waals surface area contributed by atoms with Crippen LogP contribution in [0.4, 0.5) is 0 Å². The van der Waals surface area contributed by atoms with Crippen molar-refractivity contribution in [3.05, 3.63) is 0 Å². The number of aliphatic carboxylic acids is 1. The number of carboxylic acid groups (broad SMARTS) is 1. The van der Waals surface area contributed by atoms with Gasteiger partial charge in [-0.15, -0.1) is 0 Å². The van der Waals surface area contributed by atoms with Gasteiger partial charge in [-0.05, 0) is 0 Å². The lowest BCUT2D eigenvalue weighted by molar-refractivity contribution is -0.164. The quantitative estimate of drug-likeness (QED) is 0.564. The molecule has 2 saturated heterocycles. The molecular formula is C8H8O6. The molecule has 2 aliphatic heterocycles. The fraction of sp³-hybridized carbons (Fsp3) is 0.625. The maximum Gasteiger partial charge on any atom is 0.349 e. The Morgan fingerprint density at radius 1 is 1.50 bits per heavy atom. The third-order valence-electron chi connectivity index (χ3n) is 2.64.